The first-order valence-corrected chi connectivity index (χ1v) is 9.18. The van der Waals surface area contributed by atoms with Gasteiger partial charge in [-0.15, -0.1) is 12.4 Å². The van der Waals surface area contributed by atoms with Gasteiger partial charge in [-0.05, 0) is 55.3 Å². The number of fused-ring (bicyclic) bond motifs is 1. The highest BCUT2D eigenvalue weighted by Crippen LogP contribution is 2.30. The number of nitrogens with zero attached hydrogens (tertiary/aromatic N) is 1. The zero-order valence-electron chi connectivity index (χ0n) is 14.6. The second-order valence-corrected chi connectivity index (χ2v) is 7.34. The van der Waals surface area contributed by atoms with E-state index in [0.717, 1.165) is 38.0 Å². The Balaban J connectivity index is 0.00000182. The van der Waals surface area contributed by atoms with E-state index in [-0.39, 0.29) is 12.4 Å². The number of hydrogen-bond acceptors (Lipinski definition) is 2. The van der Waals surface area contributed by atoms with Gasteiger partial charge in [0.2, 0.25) is 0 Å². The van der Waals surface area contributed by atoms with Crippen LogP contribution in [0, 0.1) is 5.92 Å². The molecule has 1 aliphatic heterocycles. The van der Waals surface area contributed by atoms with Crippen LogP contribution in [-0.2, 0) is 6.42 Å². The number of Topliss-reactive ketones (excluding diaryl/α,β-unsaturated/α-hetero) is 1. The molecule has 0 N–H and O–H groups in total. The van der Waals surface area contributed by atoms with E-state index in [1.807, 2.05) is 12.1 Å². The topological polar surface area (TPSA) is 20.3 Å². The summed E-state index contributed by atoms with van der Waals surface area (Å²) in [7, 11) is 0. The van der Waals surface area contributed by atoms with Crippen molar-refractivity contribution in [2.24, 2.45) is 5.92 Å². The minimum Gasteiger partial charge on any atom is -0.303 e. The third kappa shape index (κ3) is 4.13. The Kier molecular flexibility index (Phi) is 5.93. The lowest BCUT2D eigenvalue weighted by molar-refractivity contribution is 0.0921. The molecule has 132 valence electrons. The zero-order chi connectivity index (χ0) is 16.4. The van der Waals surface area contributed by atoms with Crippen LogP contribution in [0.5, 0.6) is 0 Å². The quantitative estimate of drug-likeness (QED) is 0.793. The smallest absolute Gasteiger partial charge is 0.163 e. The van der Waals surface area contributed by atoms with Crippen LogP contribution >= 0.6 is 12.4 Å². The van der Waals surface area contributed by atoms with Gasteiger partial charge in [0.05, 0.1) is 0 Å². The van der Waals surface area contributed by atoms with Gasteiger partial charge in [0, 0.05) is 18.5 Å². The maximum Gasteiger partial charge on any atom is 0.163 e. The molecule has 1 aliphatic carbocycles. The summed E-state index contributed by atoms with van der Waals surface area (Å²) in [4.78, 5) is 14.9. The molecule has 1 atom stereocenters. The molecule has 0 unspecified atom stereocenters. The number of rotatable bonds is 3. The summed E-state index contributed by atoms with van der Waals surface area (Å²) in [5.41, 5.74) is 3.69. The fraction of sp³-hybridized carbons (Fsp3) is 0.409. The molecule has 1 heterocycles. The van der Waals surface area contributed by atoms with Gasteiger partial charge in [-0.2, -0.15) is 0 Å². The Hall–Kier alpha value is -1.64. The monoisotopic (exact) mass is 355 g/mol. The van der Waals surface area contributed by atoms with Gasteiger partial charge in [0.25, 0.3) is 0 Å². The fourth-order valence-electron chi connectivity index (χ4n) is 4.39. The molecule has 2 aromatic carbocycles. The maximum absolute atomic E-state index is 12.4. The van der Waals surface area contributed by atoms with Gasteiger partial charge < -0.3 is 4.90 Å². The molecule has 1 fully saturated rings. The molecule has 2 nitrogen and oxygen atoms in total. The molecule has 3 heteroatoms. The Morgan fingerprint density at radius 2 is 1.56 bits per heavy atom. The summed E-state index contributed by atoms with van der Waals surface area (Å²) < 4.78 is 0. The number of carbonyl (C=O) groups is 1. The average Bonchev–Trinajstić information content (AvgIpc) is 2.63. The third-order valence-corrected chi connectivity index (χ3v) is 5.68. The number of hydrogen-bond donors (Lipinski definition) is 0. The standard InChI is InChI=1S/C22H25NO.ClH/c24-22-15-17(14-20-8-4-5-9-21(20)22)16-23-12-10-19(11-13-23)18-6-2-1-3-7-18;/h1-9,17,19H,10-16H2;1H/t17-;/m0./s1. The second kappa shape index (κ2) is 8.16. The number of piperidine rings is 1. The van der Waals surface area contributed by atoms with E-state index in [1.165, 1.54) is 24.0 Å². The number of ketones is 1. The summed E-state index contributed by atoms with van der Waals surface area (Å²) in [6.45, 7) is 3.39. The van der Waals surface area contributed by atoms with E-state index >= 15 is 0 Å². The van der Waals surface area contributed by atoms with E-state index in [1.54, 1.807) is 0 Å². The number of halogens is 1. The van der Waals surface area contributed by atoms with Crippen molar-refractivity contribution in [3.63, 3.8) is 0 Å². The number of likely N-dealkylation sites (tertiary alicyclic amines) is 1. The molecule has 2 aliphatic rings. The second-order valence-electron chi connectivity index (χ2n) is 7.34. The molecule has 0 amide bonds. The van der Waals surface area contributed by atoms with Crippen LogP contribution in [0.2, 0.25) is 0 Å². The van der Waals surface area contributed by atoms with E-state index in [4.69, 9.17) is 0 Å². The molecule has 2 aromatic rings. The Morgan fingerprint density at radius 1 is 0.880 bits per heavy atom. The average molecular weight is 356 g/mol. The Labute approximate surface area is 156 Å². The van der Waals surface area contributed by atoms with Crippen LogP contribution < -0.4 is 0 Å². The van der Waals surface area contributed by atoms with E-state index in [0.29, 0.717) is 17.6 Å². The van der Waals surface area contributed by atoms with Crippen molar-refractivity contribution in [3.8, 4) is 0 Å². The van der Waals surface area contributed by atoms with Crippen LogP contribution in [-0.4, -0.2) is 30.3 Å². The highest BCUT2D eigenvalue weighted by atomic mass is 35.5. The van der Waals surface area contributed by atoms with Crippen molar-refractivity contribution in [1.82, 2.24) is 4.90 Å². The van der Waals surface area contributed by atoms with Crippen LogP contribution in [0.1, 0.15) is 46.7 Å². The highest BCUT2D eigenvalue weighted by molar-refractivity contribution is 5.98. The Bertz CT molecular complexity index is 707. The number of benzene rings is 2. The fourth-order valence-corrected chi connectivity index (χ4v) is 4.39. The van der Waals surface area contributed by atoms with Gasteiger partial charge >= 0.3 is 0 Å². The molecule has 0 saturated carbocycles. The largest absolute Gasteiger partial charge is 0.303 e. The molecule has 1 saturated heterocycles. The highest BCUT2D eigenvalue weighted by Gasteiger charge is 2.28. The van der Waals surface area contributed by atoms with Gasteiger partial charge in [-0.3, -0.25) is 4.79 Å². The van der Waals surface area contributed by atoms with Crippen LogP contribution in [0.15, 0.2) is 54.6 Å². The van der Waals surface area contributed by atoms with E-state index < -0.39 is 0 Å². The normalized spacial score (nSPS) is 21.4. The first kappa shape index (κ1) is 18.2. The minimum atomic E-state index is 0. The lowest BCUT2D eigenvalue weighted by Crippen LogP contribution is -2.38. The van der Waals surface area contributed by atoms with Gasteiger partial charge in [0.1, 0.15) is 0 Å². The van der Waals surface area contributed by atoms with Crippen LogP contribution in [0.25, 0.3) is 0 Å². The minimum absolute atomic E-state index is 0. The van der Waals surface area contributed by atoms with Crippen molar-refractivity contribution in [2.45, 2.75) is 31.6 Å². The summed E-state index contributed by atoms with van der Waals surface area (Å²) in [6.07, 6.45) is 4.25. The summed E-state index contributed by atoms with van der Waals surface area (Å²) in [5, 5.41) is 0. The van der Waals surface area contributed by atoms with E-state index in [9.17, 15) is 4.79 Å². The molecule has 0 radical (unpaired) electrons. The molecule has 25 heavy (non-hydrogen) atoms. The summed E-state index contributed by atoms with van der Waals surface area (Å²) in [5.74, 6) is 1.53. The number of carbonyl (C=O) groups excluding carboxylic acids is 1. The summed E-state index contributed by atoms with van der Waals surface area (Å²) >= 11 is 0. The van der Waals surface area contributed by atoms with Gasteiger partial charge in [-0.25, -0.2) is 0 Å². The van der Waals surface area contributed by atoms with Crippen LogP contribution in [0.4, 0.5) is 0 Å². The van der Waals surface area contributed by atoms with Gasteiger partial charge in [-0.1, -0.05) is 54.6 Å². The molecular formula is C22H26ClNO. The molecule has 0 spiro atoms. The summed E-state index contributed by atoms with van der Waals surface area (Å²) in [6, 6.07) is 19.1. The molecule has 4 rings (SSSR count). The van der Waals surface area contributed by atoms with Crippen molar-refractivity contribution in [3.05, 3.63) is 71.3 Å². The van der Waals surface area contributed by atoms with E-state index in [2.05, 4.69) is 47.4 Å². The van der Waals surface area contributed by atoms with Crippen molar-refractivity contribution in [1.29, 1.82) is 0 Å². The lowest BCUT2D eigenvalue weighted by atomic mass is 9.82. The molecule has 0 aromatic heterocycles. The maximum atomic E-state index is 12.4. The van der Waals surface area contributed by atoms with Crippen molar-refractivity contribution in [2.75, 3.05) is 19.6 Å². The Morgan fingerprint density at radius 3 is 2.32 bits per heavy atom. The lowest BCUT2D eigenvalue weighted by Gasteiger charge is -2.35. The zero-order valence-corrected chi connectivity index (χ0v) is 15.4. The third-order valence-electron chi connectivity index (χ3n) is 5.68. The predicted molar refractivity (Wildman–Crippen MR) is 105 cm³/mol. The first-order chi connectivity index (χ1) is 11.8. The van der Waals surface area contributed by atoms with Gasteiger partial charge in [0.15, 0.2) is 5.78 Å². The van der Waals surface area contributed by atoms with Crippen molar-refractivity contribution < 1.29 is 4.79 Å². The SMILES string of the molecule is Cl.O=C1C[C@@H](CN2CCC(c3ccccc3)CC2)Cc2ccccc21. The molecule has 0 bridgehead atoms. The van der Waals surface area contributed by atoms with Crippen LogP contribution in [0.3, 0.4) is 0 Å². The first-order valence-electron chi connectivity index (χ1n) is 9.18. The predicted octanol–water partition coefficient (Wildman–Crippen LogP) is 4.73. The van der Waals surface area contributed by atoms with Crippen molar-refractivity contribution >= 4 is 18.2 Å². The molecular weight excluding hydrogens is 330 g/mol.